The Morgan fingerprint density at radius 2 is 2.00 bits per heavy atom. The van der Waals surface area contributed by atoms with Gasteiger partial charge in [-0.05, 0) is 52.9 Å². The molecule has 6 heteroatoms. The molecule has 0 bridgehead atoms. The van der Waals surface area contributed by atoms with Crippen molar-refractivity contribution in [3.05, 3.63) is 23.7 Å². The highest BCUT2D eigenvalue weighted by atomic mass is 16.5. The molecule has 140 valence electrons. The van der Waals surface area contributed by atoms with E-state index in [1.54, 1.807) is 0 Å². The number of hydrogen-bond donors (Lipinski definition) is 0. The monoisotopic (exact) mass is 349 g/mol. The van der Waals surface area contributed by atoms with Gasteiger partial charge in [0.1, 0.15) is 18.1 Å². The smallest absolute Gasteiger partial charge is 0.248 e. The maximum absolute atomic E-state index is 12.3. The number of carbonyl (C=O) groups excluding carboxylic acids is 1. The lowest BCUT2D eigenvalue weighted by Crippen LogP contribution is -2.64. The van der Waals surface area contributed by atoms with Crippen molar-refractivity contribution < 1.29 is 13.9 Å². The van der Waals surface area contributed by atoms with Crippen LogP contribution in [0.15, 0.2) is 16.5 Å². The molecule has 1 amide bonds. The molecule has 1 atom stereocenters. The lowest BCUT2D eigenvalue weighted by Gasteiger charge is -2.51. The van der Waals surface area contributed by atoms with E-state index in [1.807, 2.05) is 32.0 Å². The zero-order valence-electron chi connectivity index (χ0n) is 16.0. The van der Waals surface area contributed by atoms with Crippen LogP contribution in [0.3, 0.4) is 0 Å². The first-order chi connectivity index (χ1) is 11.9. The second kappa shape index (κ2) is 7.48. The van der Waals surface area contributed by atoms with Crippen LogP contribution in [0.1, 0.15) is 31.3 Å². The van der Waals surface area contributed by atoms with Gasteiger partial charge < -0.3 is 19.0 Å². The standard InChI is InChI=1S/C19H31N3O3/c1-15-5-6-17(25-15)13-21-9-7-19(8-10-21)16(2)22(12-11-20(3)4)18(23)14-24-19/h5-6,16H,7-14H2,1-4H3/t16-/m1/s1. The molecule has 3 rings (SSSR count). The summed E-state index contributed by atoms with van der Waals surface area (Å²) in [5.74, 6) is 2.10. The van der Waals surface area contributed by atoms with Gasteiger partial charge in [-0.1, -0.05) is 0 Å². The van der Waals surface area contributed by atoms with Crippen LogP contribution in [0.2, 0.25) is 0 Å². The summed E-state index contributed by atoms with van der Waals surface area (Å²) in [7, 11) is 4.08. The third-order valence-corrected chi connectivity index (χ3v) is 5.70. The molecule has 6 nitrogen and oxygen atoms in total. The predicted molar refractivity (Wildman–Crippen MR) is 96.4 cm³/mol. The quantitative estimate of drug-likeness (QED) is 0.810. The molecule has 0 aliphatic carbocycles. The van der Waals surface area contributed by atoms with E-state index >= 15 is 0 Å². The molecular weight excluding hydrogens is 318 g/mol. The third kappa shape index (κ3) is 4.07. The first-order valence-corrected chi connectivity index (χ1v) is 9.25. The van der Waals surface area contributed by atoms with Crippen molar-refractivity contribution in [1.29, 1.82) is 0 Å². The molecule has 25 heavy (non-hydrogen) atoms. The summed E-state index contributed by atoms with van der Waals surface area (Å²) in [6.45, 7) is 8.80. The van der Waals surface area contributed by atoms with Crippen molar-refractivity contribution in [2.24, 2.45) is 0 Å². The van der Waals surface area contributed by atoms with Crippen LogP contribution in [0, 0.1) is 6.92 Å². The number of aryl methyl sites for hydroxylation is 1. The van der Waals surface area contributed by atoms with Crippen molar-refractivity contribution in [2.75, 3.05) is 46.9 Å². The van der Waals surface area contributed by atoms with E-state index in [2.05, 4.69) is 22.8 Å². The molecule has 0 aromatic carbocycles. The number of likely N-dealkylation sites (N-methyl/N-ethyl adjacent to an activating group) is 1. The Morgan fingerprint density at radius 3 is 2.60 bits per heavy atom. The van der Waals surface area contributed by atoms with Crippen LogP contribution in [0.4, 0.5) is 0 Å². The molecule has 0 radical (unpaired) electrons. The number of ether oxygens (including phenoxy) is 1. The summed E-state index contributed by atoms with van der Waals surface area (Å²) in [6.07, 6.45) is 1.92. The van der Waals surface area contributed by atoms with Gasteiger partial charge in [0.05, 0.1) is 18.2 Å². The SMILES string of the molecule is Cc1ccc(CN2CCC3(CC2)OCC(=O)N(CCN(C)C)[C@@H]3C)o1. The van der Waals surface area contributed by atoms with Gasteiger partial charge in [-0.15, -0.1) is 0 Å². The Morgan fingerprint density at radius 1 is 1.28 bits per heavy atom. The van der Waals surface area contributed by atoms with Crippen molar-refractivity contribution in [3.8, 4) is 0 Å². The van der Waals surface area contributed by atoms with E-state index in [9.17, 15) is 4.79 Å². The van der Waals surface area contributed by atoms with Crippen LogP contribution in [0.5, 0.6) is 0 Å². The maximum Gasteiger partial charge on any atom is 0.248 e. The van der Waals surface area contributed by atoms with Gasteiger partial charge in [-0.3, -0.25) is 9.69 Å². The van der Waals surface area contributed by atoms with Gasteiger partial charge in [0.15, 0.2) is 0 Å². The van der Waals surface area contributed by atoms with Gasteiger partial charge in [0.25, 0.3) is 0 Å². The molecule has 2 aliphatic rings. The summed E-state index contributed by atoms with van der Waals surface area (Å²) in [5, 5.41) is 0. The lowest BCUT2D eigenvalue weighted by atomic mass is 9.82. The van der Waals surface area contributed by atoms with E-state index in [0.717, 1.165) is 57.1 Å². The van der Waals surface area contributed by atoms with Crippen molar-refractivity contribution >= 4 is 5.91 Å². The second-order valence-corrected chi connectivity index (χ2v) is 7.71. The van der Waals surface area contributed by atoms with Crippen LogP contribution in [-0.4, -0.2) is 79.1 Å². The highest BCUT2D eigenvalue weighted by Crippen LogP contribution is 2.36. The summed E-state index contributed by atoms with van der Waals surface area (Å²) in [4.78, 5) is 18.9. The number of amides is 1. The largest absolute Gasteiger partial charge is 0.465 e. The summed E-state index contributed by atoms with van der Waals surface area (Å²) < 4.78 is 11.8. The normalized spacial score (nSPS) is 24.4. The molecule has 0 unspecified atom stereocenters. The highest BCUT2D eigenvalue weighted by molar-refractivity contribution is 5.78. The first-order valence-electron chi connectivity index (χ1n) is 9.25. The van der Waals surface area contributed by atoms with Gasteiger partial charge in [0, 0.05) is 26.2 Å². The Hall–Kier alpha value is -1.37. The highest BCUT2D eigenvalue weighted by Gasteiger charge is 2.47. The fourth-order valence-electron chi connectivity index (χ4n) is 3.98. The van der Waals surface area contributed by atoms with Gasteiger partial charge in [0.2, 0.25) is 5.91 Å². The molecule has 1 spiro atoms. The predicted octanol–water partition coefficient (Wildman–Crippen LogP) is 1.73. The average molecular weight is 349 g/mol. The Kier molecular flexibility index (Phi) is 5.51. The first kappa shape index (κ1) is 18.4. The minimum absolute atomic E-state index is 0.119. The summed E-state index contributed by atoms with van der Waals surface area (Å²) in [6, 6.07) is 4.20. The number of furan rings is 1. The minimum Gasteiger partial charge on any atom is -0.465 e. The van der Waals surface area contributed by atoms with Gasteiger partial charge in [-0.2, -0.15) is 0 Å². The number of rotatable bonds is 5. The van der Waals surface area contributed by atoms with Crippen LogP contribution in [0.25, 0.3) is 0 Å². The number of piperidine rings is 1. The summed E-state index contributed by atoms with van der Waals surface area (Å²) >= 11 is 0. The molecule has 1 aromatic rings. The van der Waals surface area contributed by atoms with Crippen LogP contribution in [-0.2, 0) is 16.1 Å². The molecule has 3 heterocycles. The van der Waals surface area contributed by atoms with E-state index in [-0.39, 0.29) is 24.2 Å². The van der Waals surface area contributed by atoms with E-state index in [1.165, 1.54) is 0 Å². The number of hydrogen-bond acceptors (Lipinski definition) is 5. The second-order valence-electron chi connectivity index (χ2n) is 7.71. The number of morpholine rings is 1. The molecule has 2 fully saturated rings. The van der Waals surface area contributed by atoms with Crippen LogP contribution < -0.4 is 0 Å². The number of nitrogens with zero attached hydrogens (tertiary/aromatic N) is 3. The minimum atomic E-state index is -0.199. The average Bonchev–Trinajstić information content (AvgIpc) is 2.98. The Labute approximate surface area is 150 Å². The fraction of sp³-hybridized carbons (Fsp3) is 0.737. The van der Waals surface area contributed by atoms with E-state index in [0.29, 0.717) is 0 Å². The molecule has 0 N–H and O–H groups in total. The molecule has 0 saturated carbocycles. The molecule has 1 aromatic heterocycles. The maximum atomic E-state index is 12.3. The molecular formula is C19H31N3O3. The number of carbonyl (C=O) groups is 1. The Bertz CT molecular complexity index is 590. The third-order valence-electron chi connectivity index (χ3n) is 5.70. The van der Waals surface area contributed by atoms with Crippen molar-refractivity contribution in [1.82, 2.24) is 14.7 Å². The van der Waals surface area contributed by atoms with Gasteiger partial charge >= 0.3 is 0 Å². The molecule has 2 saturated heterocycles. The lowest BCUT2D eigenvalue weighted by molar-refractivity contribution is -0.187. The fourth-order valence-corrected chi connectivity index (χ4v) is 3.98. The van der Waals surface area contributed by atoms with Crippen LogP contribution >= 0.6 is 0 Å². The summed E-state index contributed by atoms with van der Waals surface area (Å²) in [5.41, 5.74) is -0.199. The van der Waals surface area contributed by atoms with Gasteiger partial charge in [-0.25, -0.2) is 0 Å². The zero-order valence-corrected chi connectivity index (χ0v) is 16.0. The molecule has 2 aliphatic heterocycles. The zero-order chi connectivity index (χ0) is 18.0. The van der Waals surface area contributed by atoms with E-state index < -0.39 is 0 Å². The van der Waals surface area contributed by atoms with Crippen molar-refractivity contribution in [2.45, 2.75) is 44.9 Å². The Balaban J connectivity index is 1.59. The topological polar surface area (TPSA) is 49.2 Å². The number of likely N-dealkylation sites (tertiary alicyclic amines) is 1. The van der Waals surface area contributed by atoms with Crippen molar-refractivity contribution in [3.63, 3.8) is 0 Å². The van der Waals surface area contributed by atoms with E-state index in [4.69, 9.17) is 9.15 Å².